The Morgan fingerprint density at radius 1 is 0.559 bits per heavy atom. The lowest BCUT2D eigenvalue weighted by Gasteiger charge is -2.50. The number of rotatable bonds is 4. The van der Waals surface area contributed by atoms with Crippen LogP contribution in [0, 0.1) is 11.8 Å². The van der Waals surface area contributed by atoms with Crippen molar-refractivity contribution in [2.75, 3.05) is 0 Å². The summed E-state index contributed by atoms with van der Waals surface area (Å²) in [5, 5.41) is 41.8. The minimum Gasteiger partial charge on any atom is -0.387 e. The molecule has 2 aliphatic carbocycles. The lowest BCUT2D eigenvalue weighted by atomic mass is 9.76. The highest BCUT2D eigenvalue weighted by atomic mass is 17.2. The molecule has 8 nitrogen and oxygen atoms in total. The Kier molecular flexibility index (Phi) is 8.19. The predicted octanol–water partition coefficient (Wildman–Crippen LogP) is 4.27. The lowest BCUT2D eigenvalue weighted by Crippen LogP contribution is -2.62. The van der Waals surface area contributed by atoms with E-state index in [0.29, 0.717) is 12.8 Å². The second-order valence-corrected chi connectivity index (χ2v) is 12.7. The van der Waals surface area contributed by atoms with Crippen molar-refractivity contribution in [3.63, 3.8) is 0 Å². The SMILES string of the molecule is CC(C)C[C@@]1(O)C[C@](C)(O)C2(CCCC2)OO1.CC(C)C[C@]1(O)C[C@@](C)(O)C2(CCCC2)OO1. The summed E-state index contributed by atoms with van der Waals surface area (Å²) in [6, 6.07) is 0. The zero-order valence-corrected chi connectivity index (χ0v) is 22.1. The highest BCUT2D eigenvalue weighted by Crippen LogP contribution is 2.51. The molecule has 0 radical (unpaired) electrons. The highest BCUT2D eigenvalue weighted by molar-refractivity contribution is 5.05. The molecule has 2 saturated carbocycles. The summed E-state index contributed by atoms with van der Waals surface area (Å²) in [5.41, 5.74) is -3.27. The molecule has 0 unspecified atom stereocenters. The Bertz CT molecular complexity index is 620. The van der Waals surface area contributed by atoms with E-state index in [0.717, 1.165) is 51.4 Å². The zero-order valence-electron chi connectivity index (χ0n) is 22.1. The summed E-state index contributed by atoms with van der Waals surface area (Å²) in [7, 11) is 0. The van der Waals surface area contributed by atoms with Crippen LogP contribution in [0.5, 0.6) is 0 Å². The second kappa shape index (κ2) is 9.86. The molecule has 0 aromatic rings. The van der Waals surface area contributed by atoms with Gasteiger partial charge in [0.15, 0.2) is 0 Å². The summed E-state index contributed by atoms with van der Waals surface area (Å²) in [4.78, 5) is 21.4. The van der Waals surface area contributed by atoms with Gasteiger partial charge in [-0.1, -0.05) is 53.4 Å². The van der Waals surface area contributed by atoms with Gasteiger partial charge in [-0.25, -0.2) is 19.6 Å². The molecule has 4 aliphatic rings. The van der Waals surface area contributed by atoms with E-state index >= 15 is 0 Å². The third kappa shape index (κ3) is 5.80. The lowest BCUT2D eigenvalue weighted by molar-refractivity contribution is -0.515. The van der Waals surface area contributed by atoms with Crippen molar-refractivity contribution in [1.82, 2.24) is 0 Å². The first-order valence-electron chi connectivity index (χ1n) is 13.2. The van der Waals surface area contributed by atoms with Crippen molar-refractivity contribution in [2.45, 2.75) is 153 Å². The first kappa shape index (κ1) is 28.3. The Morgan fingerprint density at radius 2 is 0.853 bits per heavy atom. The molecule has 2 saturated heterocycles. The maximum atomic E-state index is 10.6. The molecule has 0 bridgehead atoms. The van der Waals surface area contributed by atoms with Gasteiger partial charge in [0, 0.05) is 25.7 Å². The summed E-state index contributed by atoms with van der Waals surface area (Å²) in [6.07, 6.45) is 8.77. The van der Waals surface area contributed by atoms with Gasteiger partial charge in [-0.05, 0) is 51.4 Å². The van der Waals surface area contributed by atoms with Gasteiger partial charge < -0.3 is 20.4 Å². The smallest absolute Gasteiger partial charge is 0.202 e. The fraction of sp³-hybridized carbons (Fsp3) is 1.00. The number of aliphatic hydroxyl groups is 4. The molecule has 2 aliphatic heterocycles. The van der Waals surface area contributed by atoms with Crippen LogP contribution in [0.3, 0.4) is 0 Å². The Balaban J connectivity index is 0.000000191. The van der Waals surface area contributed by atoms with Crippen molar-refractivity contribution >= 4 is 0 Å². The van der Waals surface area contributed by atoms with Gasteiger partial charge >= 0.3 is 0 Å². The molecule has 34 heavy (non-hydrogen) atoms. The molecule has 2 spiro atoms. The minimum absolute atomic E-state index is 0.220. The van der Waals surface area contributed by atoms with Crippen LogP contribution in [0.2, 0.25) is 0 Å². The van der Waals surface area contributed by atoms with E-state index in [9.17, 15) is 20.4 Å². The molecular formula is C26H48O8. The van der Waals surface area contributed by atoms with E-state index in [4.69, 9.17) is 19.6 Å². The van der Waals surface area contributed by atoms with Crippen LogP contribution in [0.1, 0.15) is 119 Å². The van der Waals surface area contributed by atoms with Crippen molar-refractivity contribution in [3.05, 3.63) is 0 Å². The van der Waals surface area contributed by atoms with Crippen LogP contribution in [-0.2, 0) is 19.6 Å². The van der Waals surface area contributed by atoms with E-state index in [1.165, 1.54) is 0 Å². The quantitative estimate of drug-likeness (QED) is 0.433. The van der Waals surface area contributed by atoms with Crippen molar-refractivity contribution in [1.29, 1.82) is 0 Å². The average Bonchev–Trinajstić information content (AvgIpc) is 3.33. The van der Waals surface area contributed by atoms with E-state index in [-0.39, 0.29) is 24.7 Å². The first-order valence-corrected chi connectivity index (χ1v) is 13.2. The van der Waals surface area contributed by atoms with Crippen molar-refractivity contribution < 1.29 is 40.0 Å². The van der Waals surface area contributed by atoms with Gasteiger partial charge in [0.05, 0.1) is 11.2 Å². The second-order valence-electron chi connectivity index (χ2n) is 12.7. The van der Waals surface area contributed by atoms with E-state index in [2.05, 4.69) is 0 Å². The van der Waals surface area contributed by atoms with Crippen LogP contribution >= 0.6 is 0 Å². The van der Waals surface area contributed by atoms with Gasteiger partial charge in [-0.3, -0.25) is 0 Å². The largest absolute Gasteiger partial charge is 0.387 e. The van der Waals surface area contributed by atoms with Gasteiger partial charge in [-0.2, -0.15) is 0 Å². The monoisotopic (exact) mass is 488 g/mol. The van der Waals surface area contributed by atoms with Gasteiger partial charge in [0.1, 0.15) is 11.2 Å². The highest BCUT2D eigenvalue weighted by Gasteiger charge is 2.60. The molecule has 8 heteroatoms. The molecule has 4 fully saturated rings. The summed E-state index contributed by atoms with van der Waals surface area (Å²) in [5.74, 6) is -2.13. The maximum Gasteiger partial charge on any atom is 0.202 e. The Morgan fingerprint density at radius 3 is 1.09 bits per heavy atom. The molecular weight excluding hydrogens is 440 g/mol. The average molecular weight is 489 g/mol. The number of hydrogen-bond donors (Lipinski definition) is 4. The molecule has 0 aromatic carbocycles. The van der Waals surface area contributed by atoms with E-state index in [1.54, 1.807) is 13.8 Å². The van der Waals surface area contributed by atoms with E-state index in [1.807, 2.05) is 27.7 Å². The fourth-order valence-corrected chi connectivity index (χ4v) is 6.58. The number of hydrogen-bond acceptors (Lipinski definition) is 8. The van der Waals surface area contributed by atoms with Gasteiger partial charge in [0.25, 0.3) is 0 Å². The van der Waals surface area contributed by atoms with Crippen LogP contribution in [0.25, 0.3) is 0 Å². The standard InChI is InChI=1S/2C13H24O4/c2*1-10(2)8-13(15)9-11(3,14)12(16-17-13)6-4-5-7-12/h2*10,14-15H,4-9H2,1-3H3/t2*11-,13-/m10/s1. The minimum atomic E-state index is -1.36. The fourth-order valence-electron chi connectivity index (χ4n) is 6.58. The van der Waals surface area contributed by atoms with Crippen LogP contribution in [0.4, 0.5) is 0 Å². The predicted molar refractivity (Wildman–Crippen MR) is 126 cm³/mol. The molecule has 200 valence electrons. The first-order chi connectivity index (χ1) is 15.6. The summed E-state index contributed by atoms with van der Waals surface area (Å²) in [6.45, 7) is 11.6. The Hall–Kier alpha value is -0.320. The molecule has 2 heterocycles. The maximum absolute atomic E-state index is 10.6. The third-order valence-corrected chi connectivity index (χ3v) is 8.19. The summed E-state index contributed by atoms with van der Waals surface area (Å²) < 4.78 is 0. The van der Waals surface area contributed by atoms with Crippen LogP contribution in [-0.4, -0.2) is 54.4 Å². The molecule has 4 atom stereocenters. The van der Waals surface area contributed by atoms with Crippen molar-refractivity contribution in [2.24, 2.45) is 11.8 Å². The zero-order chi connectivity index (χ0) is 25.5. The third-order valence-electron chi connectivity index (χ3n) is 8.19. The van der Waals surface area contributed by atoms with Gasteiger partial charge in [0.2, 0.25) is 11.6 Å². The molecule has 0 aromatic heterocycles. The summed E-state index contributed by atoms with van der Waals surface area (Å²) >= 11 is 0. The van der Waals surface area contributed by atoms with Crippen molar-refractivity contribution in [3.8, 4) is 0 Å². The molecule has 4 rings (SSSR count). The van der Waals surface area contributed by atoms with Crippen LogP contribution in [0.15, 0.2) is 0 Å². The van der Waals surface area contributed by atoms with Gasteiger partial charge in [-0.15, -0.1) is 0 Å². The van der Waals surface area contributed by atoms with E-state index < -0.39 is 34.0 Å². The Labute approximate surface area is 204 Å². The topological polar surface area (TPSA) is 118 Å². The van der Waals surface area contributed by atoms with Crippen LogP contribution < -0.4 is 0 Å². The molecule has 4 N–H and O–H groups in total. The molecule has 0 amide bonds. The normalized spacial score (nSPS) is 41.3.